The Bertz CT molecular complexity index is 933. The van der Waals surface area contributed by atoms with Gasteiger partial charge in [0.25, 0.3) is 6.01 Å². The van der Waals surface area contributed by atoms with E-state index in [9.17, 15) is 9.18 Å². The van der Waals surface area contributed by atoms with Crippen LogP contribution in [0.4, 0.5) is 16.1 Å². The van der Waals surface area contributed by atoms with E-state index < -0.39 is 0 Å². The first kappa shape index (κ1) is 15.6. The van der Waals surface area contributed by atoms with E-state index >= 15 is 0 Å². The highest BCUT2D eigenvalue weighted by molar-refractivity contribution is 5.96. The molecule has 4 rings (SSSR count). The minimum Gasteiger partial charge on any atom is -0.423 e. The lowest BCUT2D eigenvalue weighted by atomic mass is 10.1. The van der Waals surface area contributed by atoms with Crippen LogP contribution in [0.3, 0.4) is 0 Å². The molecule has 6 heteroatoms. The highest BCUT2D eigenvalue weighted by Gasteiger charge is 2.43. The number of carbonyl (C=O) groups is 1. The predicted octanol–water partition coefficient (Wildman–Crippen LogP) is 3.78. The molecule has 1 saturated carbocycles. The number of hydrogen-bond acceptors (Lipinski definition) is 4. The lowest BCUT2D eigenvalue weighted by Crippen LogP contribution is -2.14. The zero-order valence-electron chi connectivity index (χ0n) is 14.0. The van der Waals surface area contributed by atoms with Crippen molar-refractivity contribution in [1.82, 2.24) is 4.98 Å². The second-order valence-corrected chi connectivity index (χ2v) is 6.56. The molecule has 5 nitrogen and oxygen atoms in total. The molecule has 25 heavy (non-hydrogen) atoms. The van der Waals surface area contributed by atoms with Gasteiger partial charge in [-0.1, -0.05) is 12.1 Å². The summed E-state index contributed by atoms with van der Waals surface area (Å²) in [5.74, 6) is -0.202. The molecule has 1 aliphatic rings. The van der Waals surface area contributed by atoms with Gasteiger partial charge in [-0.3, -0.25) is 4.79 Å². The van der Waals surface area contributed by atoms with Crippen LogP contribution in [0.15, 0.2) is 46.9 Å². The number of benzene rings is 2. The number of nitrogens with zero attached hydrogens (tertiary/aromatic N) is 2. The van der Waals surface area contributed by atoms with Gasteiger partial charge >= 0.3 is 0 Å². The molecule has 1 amide bonds. The summed E-state index contributed by atoms with van der Waals surface area (Å²) in [6.45, 7) is 0. The fraction of sp³-hybridized carbons (Fsp3) is 0.263. The van der Waals surface area contributed by atoms with E-state index in [2.05, 4.69) is 10.3 Å². The third kappa shape index (κ3) is 3.07. The minimum atomic E-state index is -0.261. The second-order valence-electron chi connectivity index (χ2n) is 6.56. The zero-order valence-corrected chi connectivity index (χ0v) is 14.0. The summed E-state index contributed by atoms with van der Waals surface area (Å²) in [6.07, 6.45) is 0.785. The SMILES string of the molecule is CN(C)c1nc2ccc(NC(=O)[C@@H]3C[C@@H]3c3ccc(F)cc3)cc2o1. The normalized spacial score (nSPS) is 19.0. The van der Waals surface area contributed by atoms with Crippen molar-refractivity contribution < 1.29 is 13.6 Å². The Hall–Kier alpha value is -2.89. The van der Waals surface area contributed by atoms with Gasteiger partial charge in [-0.15, -0.1) is 0 Å². The molecule has 0 radical (unpaired) electrons. The molecule has 3 aromatic rings. The van der Waals surface area contributed by atoms with Crippen LogP contribution in [0.1, 0.15) is 17.9 Å². The van der Waals surface area contributed by atoms with Gasteiger partial charge in [0.15, 0.2) is 5.58 Å². The summed E-state index contributed by atoms with van der Waals surface area (Å²) in [6, 6.07) is 12.3. The van der Waals surface area contributed by atoms with Gasteiger partial charge in [0, 0.05) is 31.8 Å². The minimum absolute atomic E-state index is 0.0268. The standard InChI is InChI=1S/C19H18FN3O2/c1-23(2)19-22-16-8-7-13(9-17(16)25-19)21-18(24)15-10-14(15)11-3-5-12(20)6-4-11/h3-9,14-15H,10H2,1-2H3,(H,21,24)/t14-,15-/m1/s1. The highest BCUT2D eigenvalue weighted by Crippen LogP contribution is 2.48. The summed E-state index contributed by atoms with van der Waals surface area (Å²) in [4.78, 5) is 18.6. The summed E-state index contributed by atoms with van der Waals surface area (Å²) >= 11 is 0. The predicted molar refractivity (Wildman–Crippen MR) is 94.2 cm³/mol. The Morgan fingerprint density at radius 3 is 2.72 bits per heavy atom. The number of halogens is 1. The van der Waals surface area contributed by atoms with Crippen LogP contribution in [0.25, 0.3) is 11.1 Å². The van der Waals surface area contributed by atoms with Crippen molar-refractivity contribution in [3.8, 4) is 0 Å². The molecule has 0 aliphatic heterocycles. The number of rotatable bonds is 4. The maximum absolute atomic E-state index is 13.0. The Morgan fingerprint density at radius 1 is 1.24 bits per heavy atom. The van der Waals surface area contributed by atoms with Gasteiger partial charge < -0.3 is 14.6 Å². The van der Waals surface area contributed by atoms with E-state index in [4.69, 9.17) is 4.42 Å². The van der Waals surface area contributed by atoms with Crippen molar-refractivity contribution in [2.45, 2.75) is 12.3 Å². The zero-order chi connectivity index (χ0) is 17.6. The van der Waals surface area contributed by atoms with E-state index in [1.807, 2.05) is 26.2 Å². The van der Waals surface area contributed by atoms with Crippen LogP contribution in [0.2, 0.25) is 0 Å². The van der Waals surface area contributed by atoms with Gasteiger partial charge in [0.2, 0.25) is 5.91 Å². The first-order valence-electron chi connectivity index (χ1n) is 8.15. The number of hydrogen-bond donors (Lipinski definition) is 1. The number of anilines is 2. The van der Waals surface area contributed by atoms with E-state index in [-0.39, 0.29) is 23.6 Å². The molecule has 1 fully saturated rings. The molecule has 1 aromatic heterocycles. The average Bonchev–Trinajstić information content (AvgIpc) is 3.27. The van der Waals surface area contributed by atoms with Gasteiger partial charge in [0.05, 0.1) is 0 Å². The van der Waals surface area contributed by atoms with Gasteiger partial charge in [-0.2, -0.15) is 4.98 Å². The second kappa shape index (κ2) is 5.88. The monoisotopic (exact) mass is 339 g/mol. The number of carbonyl (C=O) groups excluding carboxylic acids is 1. The molecular weight excluding hydrogens is 321 g/mol. The molecule has 0 spiro atoms. The van der Waals surface area contributed by atoms with Gasteiger partial charge in [0.1, 0.15) is 11.3 Å². The van der Waals surface area contributed by atoms with Crippen molar-refractivity contribution in [3.05, 3.63) is 53.8 Å². The molecule has 0 unspecified atom stereocenters. The molecule has 2 atom stereocenters. The Kier molecular flexibility index (Phi) is 3.67. The van der Waals surface area contributed by atoms with Crippen molar-refractivity contribution in [2.24, 2.45) is 5.92 Å². The largest absolute Gasteiger partial charge is 0.423 e. The fourth-order valence-corrected chi connectivity index (χ4v) is 2.98. The Balaban J connectivity index is 1.46. The van der Waals surface area contributed by atoms with Crippen LogP contribution in [-0.4, -0.2) is 25.0 Å². The average molecular weight is 339 g/mol. The maximum atomic E-state index is 13.0. The molecule has 1 heterocycles. The molecular formula is C19H18FN3O2. The molecule has 128 valence electrons. The van der Waals surface area contributed by atoms with E-state index in [1.165, 1.54) is 12.1 Å². The molecule has 0 bridgehead atoms. The lowest BCUT2D eigenvalue weighted by Gasteiger charge is -2.05. The molecule has 2 aromatic carbocycles. The van der Waals surface area contributed by atoms with Crippen LogP contribution in [-0.2, 0) is 4.79 Å². The molecule has 1 aliphatic carbocycles. The number of oxazole rings is 1. The number of nitrogens with one attached hydrogen (secondary N) is 1. The first-order chi connectivity index (χ1) is 12.0. The fourth-order valence-electron chi connectivity index (χ4n) is 2.98. The third-order valence-electron chi connectivity index (χ3n) is 4.45. The van der Waals surface area contributed by atoms with Crippen LogP contribution in [0, 0.1) is 11.7 Å². The summed E-state index contributed by atoms with van der Waals surface area (Å²) in [7, 11) is 3.71. The van der Waals surface area contributed by atoms with E-state index in [1.54, 1.807) is 23.1 Å². The first-order valence-corrected chi connectivity index (χ1v) is 8.15. The molecule has 0 saturated heterocycles. The van der Waals surface area contributed by atoms with Crippen molar-refractivity contribution >= 4 is 28.7 Å². The maximum Gasteiger partial charge on any atom is 0.297 e. The van der Waals surface area contributed by atoms with Crippen molar-refractivity contribution in [1.29, 1.82) is 0 Å². The Morgan fingerprint density at radius 2 is 2.00 bits per heavy atom. The Labute approximate surface area is 144 Å². The van der Waals surface area contributed by atoms with Crippen LogP contribution in [0.5, 0.6) is 0 Å². The smallest absolute Gasteiger partial charge is 0.297 e. The van der Waals surface area contributed by atoms with Gasteiger partial charge in [-0.25, -0.2) is 4.39 Å². The third-order valence-corrected chi connectivity index (χ3v) is 4.45. The van der Waals surface area contributed by atoms with Gasteiger partial charge in [-0.05, 0) is 42.2 Å². The van der Waals surface area contributed by atoms with Crippen LogP contribution >= 0.6 is 0 Å². The number of amides is 1. The number of aromatic nitrogens is 1. The molecule has 1 N–H and O–H groups in total. The van der Waals surface area contributed by atoms with Crippen LogP contribution < -0.4 is 10.2 Å². The van der Waals surface area contributed by atoms with Crippen molar-refractivity contribution in [2.75, 3.05) is 24.3 Å². The van der Waals surface area contributed by atoms with Crippen molar-refractivity contribution in [3.63, 3.8) is 0 Å². The summed E-state index contributed by atoms with van der Waals surface area (Å²) in [5, 5.41) is 2.93. The van der Waals surface area contributed by atoms with E-state index in [0.717, 1.165) is 17.5 Å². The van der Waals surface area contributed by atoms with E-state index in [0.29, 0.717) is 17.3 Å². The quantitative estimate of drug-likeness (QED) is 0.786. The summed E-state index contributed by atoms with van der Waals surface area (Å²) < 4.78 is 18.7. The lowest BCUT2D eigenvalue weighted by molar-refractivity contribution is -0.117. The number of fused-ring (bicyclic) bond motifs is 1. The highest BCUT2D eigenvalue weighted by atomic mass is 19.1. The topological polar surface area (TPSA) is 58.4 Å². The summed E-state index contributed by atoms with van der Waals surface area (Å²) in [5.41, 5.74) is 3.07.